The molecule has 0 bridgehead atoms. The van der Waals surface area contributed by atoms with Crippen molar-refractivity contribution in [2.24, 2.45) is 0 Å². The van der Waals surface area contributed by atoms with Crippen LogP contribution in [0.2, 0.25) is 0 Å². The molecule has 0 aliphatic rings. The number of anilines is 3. The highest BCUT2D eigenvalue weighted by atomic mass is 32.1. The predicted octanol–water partition coefficient (Wildman–Crippen LogP) is 15.5. The van der Waals surface area contributed by atoms with E-state index in [2.05, 4.69) is 205 Å². The minimum Gasteiger partial charge on any atom is -0.310 e. The first-order valence-electron chi connectivity index (χ1n) is 18.5. The van der Waals surface area contributed by atoms with Gasteiger partial charge in [-0.1, -0.05) is 164 Å². The zero-order valence-corrected chi connectivity index (χ0v) is 30.2. The molecule has 0 aliphatic carbocycles. The van der Waals surface area contributed by atoms with E-state index in [1.54, 1.807) is 0 Å². The molecular formula is C52H33NS. The zero-order valence-electron chi connectivity index (χ0n) is 29.4. The van der Waals surface area contributed by atoms with Gasteiger partial charge in [-0.2, -0.15) is 0 Å². The lowest BCUT2D eigenvalue weighted by molar-refractivity contribution is 1.31. The van der Waals surface area contributed by atoms with E-state index in [9.17, 15) is 0 Å². The van der Waals surface area contributed by atoms with Crippen LogP contribution in [0, 0.1) is 0 Å². The number of benzene rings is 10. The van der Waals surface area contributed by atoms with Crippen molar-refractivity contribution in [3.8, 4) is 22.3 Å². The predicted molar refractivity (Wildman–Crippen MR) is 235 cm³/mol. The quantitative estimate of drug-likeness (QED) is 0.161. The summed E-state index contributed by atoms with van der Waals surface area (Å²) in [5.41, 5.74) is 8.31. The van der Waals surface area contributed by atoms with Crippen molar-refractivity contribution in [2.75, 3.05) is 4.90 Å². The summed E-state index contributed by atoms with van der Waals surface area (Å²) < 4.78 is 2.65. The smallest absolute Gasteiger partial charge is 0.0546 e. The molecule has 0 radical (unpaired) electrons. The largest absolute Gasteiger partial charge is 0.310 e. The molecule has 1 heterocycles. The van der Waals surface area contributed by atoms with E-state index in [1.807, 2.05) is 11.3 Å². The van der Waals surface area contributed by atoms with Crippen molar-refractivity contribution in [1.29, 1.82) is 0 Å². The van der Waals surface area contributed by atoms with Crippen molar-refractivity contribution in [2.45, 2.75) is 0 Å². The summed E-state index contributed by atoms with van der Waals surface area (Å²) in [4.78, 5) is 2.45. The molecule has 2 heteroatoms. The minimum atomic E-state index is 1.12. The third kappa shape index (κ3) is 4.99. The molecule has 0 spiro atoms. The standard InChI is InChI=1S/C52H33NS/c1-4-14-42-36(10-1)13-9-19-43(42)38-22-20-34(21-23-38)35-24-27-40(28-25-35)53(50-32-39-12-3-5-15-44(39)46-17-7-8-18-47(46)50)41-29-31-51-49(33-41)48-30-26-37-11-2-6-16-45(37)52(48)54-51/h1-33H. The van der Waals surface area contributed by atoms with Gasteiger partial charge in [0.15, 0.2) is 0 Å². The maximum absolute atomic E-state index is 2.45. The van der Waals surface area contributed by atoms with E-state index < -0.39 is 0 Å². The topological polar surface area (TPSA) is 3.24 Å². The second kappa shape index (κ2) is 12.4. The average molecular weight is 704 g/mol. The Morgan fingerprint density at radius 3 is 1.67 bits per heavy atom. The summed E-state index contributed by atoms with van der Waals surface area (Å²) in [6, 6.07) is 73.5. The molecule has 54 heavy (non-hydrogen) atoms. The molecule has 0 fully saturated rings. The highest BCUT2D eigenvalue weighted by Gasteiger charge is 2.19. The summed E-state index contributed by atoms with van der Waals surface area (Å²) in [5.74, 6) is 0. The fourth-order valence-corrected chi connectivity index (χ4v) is 9.62. The van der Waals surface area contributed by atoms with Crippen molar-refractivity contribution in [3.63, 3.8) is 0 Å². The fourth-order valence-electron chi connectivity index (χ4n) is 8.40. The van der Waals surface area contributed by atoms with Crippen LogP contribution < -0.4 is 4.90 Å². The van der Waals surface area contributed by atoms with Gasteiger partial charge in [0, 0.05) is 36.9 Å². The zero-order chi connectivity index (χ0) is 35.6. The van der Waals surface area contributed by atoms with Crippen molar-refractivity contribution in [3.05, 3.63) is 200 Å². The van der Waals surface area contributed by atoms with Gasteiger partial charge in [0.1, 0.15) is 0 Å². The average Bonchev–Trinajstić information content (AvgIpc) is 3.63. The van der Waals surface area contributed by atoms with Crippen LogP contribution in [-0.4, -0.2) is 0 Å². The van der Waals surface area contributed by atoms with Crippen molar-refractivity contribution >= 4 is 91.7 Å². The maximum Gasteiger partial charge on any atom is 0.0546 e. The molecule has 0 saturated heterocycles. The fraction of sp³-hybridized carbons (Fsp3) is 0. The highest BCUT2D eigenvalue weighted by Crippen LogP contribution is 2.46. The molecule has 0 amide bonds. The number of nitrogens with zero attached hydrogens (tertiary/aromatic N) is 1. The summed E-state index contributed by atoms with van der Waals surface area (Å²) in [7, 11) is 0. The van der Waals surface area contributed by atoms with Crippen LogP contribution in [0.15, 0.2) is 200 Å². The van der Waals surface area contributed by atoms with Crippen LogP contribution in [0.3, 0.4) is 0 Å². The number of thiophene rings is 1. The van der Waals surface area contributed by atoms with E-state index in [0.29, 0.717) is 0 Å². The summed E-state index contributed by atoms with van der Waals surface area (Å²) in [6.07, 6.45) is 0. The van der Waals surface area contributed by atoms with Gasteiger partial charge in [-0.25, -0.2) is 0 Å². The molecule has 252 valence electrons. The summed E-state index contributed by atoms with van der Waals surface area (Å²) in [6.45, 7) is 0. The Balaban J connectivity index is 1.06. The van der Waals surface area contributed by atoms with Crippen LogP contribution in [0.4, 0.5) is 17.1 Å². The van der Waals surface area contributed by atoms with E-state index in [4.69, 9.17) is 0 Å². The second-order valence-corrected chi connectivity index (χ2v) is 15.1. The first-order chi connectivity index (χ1) is 26.8. The molecule has 0 saturated carbocycles. The van der Waals surface area contributed by atoms with Gasteiger partial charge < -0.3 is 4.90 Å². The van der Waals surface area contributed by atoms with Gasteiger partial charge in [-0.3, -0.25) is 0 Å². The van der Waals surface area contributed by atoms with Crippen LogP contribution >= 0.6 is 11.3 Å². The third-order valence-electron chi connectivity index (χ3n) is 11.0. The molecule has 11 rings (SSSR count). The first-order valence-corrected chi connectivity index (χ1v) is 19.3. The van der Waals surface area contributed by atoms with Gasteiger partial charge in [-0.15, -0.1) is 11.3 Å². The molecule has 0 N–H and O–H groups in total. The molecule has 0 aliphatic heterocycles. The van der Waals surface area contributed by atoms with Crippen LogP contribution in [0.5, 0.6) is 0 Å². The van der Waals surface area contributed by atoms with Gasteiger partial charge in [-0.05, 0) is 96.4 Å². The summed E-state index contributed by atoms with van der Waals surface area (Å²) >= 11 is 1.89. The summed E-state index contributed by atoms with van der Waals surface area (Å²) in [5, 5.41) is 12.7. The SMILES string of the molecule is c1ccc2c(-c3ccc(-c4ccc(N(c5ccc6sc7c8ccccc8ccc7c6c5)c5cc6ccccc6c6ccccc56)cc4)cc3)cccc2c1. The van der Waals surface area contributed by atoms with Gasteiger partial charge in [0.05, 0.1) is 5.69 Å². The number of hydrogen-bond acceptors (Lipinski definition) is 2. The Bertz CT molecular complexity index is 3200. The van der Waals surface area contributed by atoms with E-state index >= 15 is 0 Å². The van der Waals surface area contributed by atoms with Crippen LogP contribution in [-0.2, 0) is 0 Å². The Hall–Kier alpha value is -6.74. The van der Waals surface area contributed by atoms with Gasteiger partial charge in [0.25, 0.3) is 0 Å². The van der Waals surface area contributed by atoms with Gasteiger partial charge in [0.2, 0.25) is 0 Å². The number of rotatable bonds is 5. The lowest BCUT2D eigenvalue weighted by atomic mass is 9.96. The maximum atomic E-state index is 2.45. The minimum absolute atomic E-state index is 1.12. The molecule has 10 aromatic carbocycles. The Kier molecular flexibility index (Phi) is 7.11. The molecule has 0 unspecified atom stereocenters. The molecule has 1 nitrogen and oxygen atoms in total. The lowest BCUT2D eigenvalue weighted by Crippen LogP contribution is -2.10. The molecule has 0 atom stereocenters. The molecule has 11 aromatic rings. The Morgan fingerprint density at radius 1 is 0.315 bits per heavy atom. The molecular weight excluding hydrogens is 671 g/mol. The third-order valence-corrected chi connectivity index (χ3v) is 12.3. The van der Waals surface area contributed by atoms with E-state index in [-0.39, 0.29) is 0 Å². The molecule has 1 aromatic heterocycles. The number of fused-ring (bicyclic) bond motifs is 9. The van der Waals surface area contributed by atoms with Crippen molar-refractivity contribution < 1.29 is 0 Å². The Labute approximate surface area is 317 Å². The first kappa shape index (κ1) is 30.8. The van der Waals surface area contributed by atoms with Gasteiger partial charge >= 0.3 is 0 Å². The van der Waals surface area contributed by atoms with E-state index in [1.165, 1.54) is 91.2 Å². The highest BCUT2D eigenvalue weighted by molar-refractivity contribution is 7.26. The lowest BCUT2D eigenvalue weighted by Gasteiger charge is -2.28. The second-order valence-electron chi connectivity index (χ2n) is 14.1. The monoisotopic (exact) mass is 703 g/mol. The van der Waals surface area contributed by atoms with Crippen LogP contribution in [0.25, 0.3) is 85.5 Å². The van der Waals surface area contributed by atoms with Crippen LogP contribution in [0.1, 0.15) is 0 Å². The van der Waals surface area contributed by atoms with Crippen molar-refractivity contribution in [1.82, 2.24) is 0 Å². The van der Waals surface area contributed by atoms with E-state index in [0.717, 1.165) is 11.4 Å². The normalized spacial score (nSPS) is 11.7. The number of hydrogen-bond donors (Lipinski definition) is 0. The Morgan fingerprint density at radius 2 is 0.889 bits per heavy atom.